The lowest BCUT2D eigenvalue weighted by molar-refractivity contribution is 0.140. The minimum atomic E-state index is -0.724. The summed E-state index contributed by atoms with van der Waals surface area (Å²) in [5.74, 6) is 1.96. The maximum Gasteiger partial charge on any atom is 0.178 e. The van der Waals surface area contributed by atoms with E-state index in [4.69, 9.17) is 9.47 Å². The van der Waals surface area contributed by atoms with Crippen molar-refractivity contribution in [1.29, 1.82) is 0 Å². The van der Waals surface area contributed by atoms with E-state index in [1.54, 1.807) is 0 Å². The third-order valence-electron chi connectivity index (χ3n) is 8.90. The smallest absolute Gasteiger partial charge is 0.178 e. The highest BCUT2D eigenvalue weighted by molar-refractivity contribution is 5.99. The van der Waals surface area contributed by atoms with Gasteiger partial charge in [-0.1, -0.05) is 48.0 Å². The summed E-state index contributed by atoms with van der Waals surface area (Å²) in [7, 11) is 0. The average molecular weight is 516 g/mol. The highest BCUT2D eigenvalue weighted by Gasteiger charge is 2.39. The van der Waals surface area contributed by atoms with Gasteiger partial charge in [-0.25, -0.2) is 0 Å². The number of nitrogens with zero attached hydrogens (tertiary/aromatic N) is 1. The predicted octanol–water partition coefficient (Wildman–Crippen LogP) is 8.43. The lowest BCUT2D eigenvalue weighted by Gasteiger charge is -2.37. The Morgan fingerprint density at radius 3 is 2.03 bits per heavy atom. The summed E-state index contributed by atoms with van der Waals surface area (Å²) in [6.07, 6.45) is 8.00. The molecular weight excluding hydrogens is 478 g/mol. The van der Waals surface area contributed by atoms with Crippen molar-refractivity contribution in [2.45, 2.75) is 65.1 Å². The minimum Gasteiger partial charge on any atom is -0.487 e. The summed E-state index contributed by atoms with van der Waals surface area (Å²) in [5.41, 5.74) is 8.82. The fourth-order valence-electron chi connectivity index (χ4n) is 6.76. The molecule has 1 saturated heterocycles. The third kappa shape index (κ3) is 3.85. The molecule has 3 heterocycles. The summed E-state index contributed by atoms with van der Waals surface area (Å²) < 4.78 is 13.9. The summed E-state index contributed by atoms with van der Waals surface area (Å²) >= 11 is 0. The number of benzene rings is 4. The van der Waals surface area contributed by atoms with Gasteiger partial charge in [-0.15, -0.1) is 0 Å². The lowest BCUT2D eigenvalue weighted by atomic mass is 9.82. The Kier molecular flexibility index (Phi) is 5.39. The number of hydrogen-bond donors (Lipinski definition) is 0. The minimum absolute atomic E-state index is 0.200. The van der Waals surface area contributed by atoms with Crippen LogP contribution in [0.3, 0.4) is 0 Å². The largest absolute Gasteiger partial charge is 0.487 e. The molecule has 3 aliphatic heterocycles. The Labute approximate surface area is 232 Å². The molecular formula is C36H37NO2. The van der Waals surface area contributed by atoms with Gasteiger partial charge in [-0.3, -0.25) is 0 Å². The zero-order valence-electron chi connectivity index (χ0n) is 23.7. The summed E-state index contributed by atoms with van der Waals surface area (Å²) in [6.45, 7) is 13.2. The maximum atomic E-state index is 7.30. The Hall–Kier alpha value is -3.72. The second kappa shape index (κ2) is 8.64. The van der Waals surface area contributed by atoms with Crippen molar-refractivity contribution in [3.8, 4) is 11.5 Å². The molecule has 1 fully saturated rings. The van der Waals surface area contributed by atoms with Crippen molar-refractivity contribution in [3.63, 3.8) is 0 Å². The molecule has 3 heteroatoms. The van der Waals surface area contributed by atoms with Crippen molar-refractivity contribution in [3.05, 3.63) is 106 Å². The summed E-state index contributed by atoms with van der Waals surface area (Å²) in [6, 6.07) is 22.4. The Morgan fingerprint density at radius 1 is 0.718 bits per heavy atom. The molecule has 198 valence electrons. The van der Waals surface area contributed by atoms with Crippen LogP contribution in [0.2, 0.25) is 0 Å². The molecule has 7 rings (SSSR count). The van der Waals surface area contributed by atoms with Crippen LogP contribution < -0.4 is 14.4 Å². The Balaban J connectivity index is 1.42. The van der Waals surface area contributed by atoms with Gasteiger partial charge in [-0.2, -0.15) is 0 Å². The van der Waals surface area contributed by atoms with Gasteiger partial charge in [0.2, 0.25) is 0 Å². The van der Waals surface area contributed by atoms with E-state index in [9.17, 15) is 0 Å². The van der Waals surface area contributed by atoms with Crippen molar-refractivity contribution in [1.82, 2.24) is 0 Å². The topological polar surface area (TPSA) is 21.7 Å². The average Bonchev–Trinajstić information content (AvgIpc) is 3.58. The second-order valence-corrected chi connectivity index (χ2v) is 12.3. The molecule has 3 nitrogen and oxygen atoms in total. The zero-order chi connectivity index (χ0) is 26.9. The predicted molar refractivity (Wildman–Crippen MR) is 161 cm³/mol. The van der Waals surface area contributed by atoms with Crippen LogP contribution in [0.15, 0.2) is 66.7 Å². The molecule has 0 saturated carbocycles. The number of fused-ring (bicyclic) bond motifs is 5. The zero-order valence-corrected chi connectivity index (χ0v) is 23.7. The quantitative estimate of drug-likeness (QED) is 0.273. The first kappa shape index (κ1) is 24.3. The van der Waals surface area contributed by atoms with Gasteiger partial charge in [0.25, 0.3) is 0 Å². The van der Waals surface area contributed by atoms with E-state index in [1.807, 2.05) is 0 Å². The van der Waals surface area contributed by atoms with E-state index in [-0.39, 0.29) is 5.60 Å². The molecule has 0 amide bonds. The van der Waals surface area contributed by atoms with Crippen LogP contribution in [0.25, 0.3) is 16.8 Å². The summed E-state index contributed by atoms with van der Waals surface area (Å²) in [4.78, 5) is 2.48. The van der Waals surface area contributed by atoms with Gasteiger partial charge in [-0.05, 0) is 88.9 Å². The number of hydrogen-bond acceptors (Lipinski definition) is 3. The van der Waals surface area contributed by atoms with E-state index >= 15 is 0 Å². The van der Waals surface area contributed by atoms with E-state index < -0.39 is 5.60 Å². The normalized spacial score (nSPS) is 21.0. The molecule has 0 radical (unpaired) electrons. The summed E-state index contributed by atoms with van der Waals surface area (Å²) in [5, 5.41) is 2.27. The number of ether oxygens (including phenoxy) is 2. The molecule has 4 aromatic carbocycles. The van der Waals surface area contributed by atoms with Gasteiger partial charge in [0.15, 0.2) is 5.60 Å². The third-order valence-corrected chi connectivity index (χ3v) is 8.90. The fraction of sp³-hybridized carbons (Fsp3) is 0.333. The molecule has 39 heavy (non-hydrogen) atoms. The van der Waals surface area contributed by atoms with Gasteiger partial charge in [0.1, 0.15) is 17.1 Å². The molecule has 3 aliphatic rings. The van der Waals surface area contributed by atoms with Crippen molar-refractivity contribution in [2.75, 3.05) is 18.0 Å². The van der Waals surface area contributed by atoms with Crippen LogP contribution in [0.5, 0.6) is 11.5 Å². The first-order valence-electron chi connectivity index (χ1n) is 14.3. The second-order valence-electron chi connectivity index (χ2n) is 12.3. The first-order chi connectivity index (χ1) is 18.7. The highest BCUT2D eigenvalue weighted by Crippen LogP contribution is 2.50. The van der Waals surface area contributed by atoms with Gasteiger partial charge in [0, 0.05) is 58.2 Å². The standard InChI is InChI=1S/C36H37NO2/c1-23-8-10-26(11-9-23)36(27-12-14-28(15-13-27)37-18-6-7-19-37)17-16-29-24(2)20-31-30(33(29)39-36)21-25(3)32-22-35(4,5)38-34(31)32/h8-17,20-21H,6-7,18-19,22H2,1-5H3. The maximum absolute atomic E-state index is 7.30. The molecule has 1 unspecified atom stereocenters. The van der Waals surface area contributed by atoms with E-state index in [0.29, 0.717) is 0 Å². The molecule has 0 bridgehead atoms. The highest BCUT2D eigenvalue weighted by atomic mass is 16.5. The van der Waals surface area contributed by atoms with E-state index in [0.717, 1.165) is 58.5 Å². The van der Waals surface area contributed by atoms with Crippen LogP contribution in [0, 0.1) is 20.8 Å². The molecule has 0 spiro atoms. The van der Waals surface area contributed by atoms with Gasteiger partial charge >= 0.3 is 0 Å². The Bertz CT molecular complexity index is 1620. The monoisotopic (exact) mass is 515 g/mol. The van der Waals surface area contributed by atoms with Crippen molar-refractivity contribution >= 4 is 22.5 Å². The number of rotatable bonds is 3. The van der Waals surface area contributed by atoms with E-state index in [2.05, 4.69) is 112 Å². The number of anilines is 1. The van der Waals surface area contributed by atoms with Gasteiger partial charge in [0.05, 0.1) is 0 Å². The van der Waals surface area contributed by atoms with Crippen LogP contribution >= 0.6 is 0 Å². The molecule has 1 atom stereocenters. The molecule has 0 aliphatic carbocycles. The van der Waals surface area contributed by atoms with Crippen molar-refractivity contribution < 1.29 is 9.47 Å². The molecule has 4 aromatic rings. The van der Waals surface area contributed by atoms with Crippen LogP contribution in [0.4, 0.5) is 5.69 Å². The first-order valence-corrected chi connectivity index (χ1v) is 14.3. The van der Waals surface area contributed by atoms with E-state index in [1.165, 1.54) is 40.8 Å². The fourth-order valence-corrected chi connectivity index (χ4v) is 6.76. The van der Waals surface area contributed by atoms with Crippen LogP contribution in [-0.2, 0) is 12.0 Å². The number of aryl methyl sites for hydroxylation is 3. The van der Waals surface area contributed by atoms with Crippen LogP contribution in [-0.4, -0.2) is 18.7 Å². The SMILES string of the molecule is Cc1ccc(C2(c3ccc(N4CCCC4)cc3)C=Cc3c(C)cc4c5c(c(C)cc4c3O2)CC(C)(C)O5)cc1. The van der Waals surface area contributed by atoms with Crippen LogP contribution in [0.1, 0.15) is 65.6 Å². The molecule has 0 N–H and O–H groups in total. The lowest BCUT2D eigenvalue weighted by Crippen LogP contribution is -2.34. The Morgan fingerprint density at radius 2 is 1.33 bits per heavy atom. The molecule has 0 aromatic heterocycles. The van der Waals surface area contributed by atoms with Gasteiger partial charge < -0.3 is 14.4 Å². The van der Waals surface area contributed by atoms with Crippen molar-refractivity contribution in [2.24, 2.45) is 0 Å².